The fourth-order valence-electron chi connectivity index (χ4n) is 1.80. The number of ketones is 1. The van der Waals surface area contributed by atoms with Crippen molar-refractivity contribution in [2.24, 2.45) is 0 Å². The van der Waals surface area contributed by atoms with E-state index in [9.17, 15) is 4.79 Å². The maximum absolute atomic E-state index is 12.1. The van der Waals surface area contributed by atoms with Crippen molar-refractivity contribution in [2.75, 3.05) is 11.9 Å². The van der Waals surface area contributed by atoms with E-state index in [1.54, 1.807) is 18.2 Å². The zero-order valence-corrected chi connectivity index (χ0v) is 15.1. The molecule has 0 aliphatic heterocycles. The highest BCUT2D eigenvalue weighted by molar-refractivity contribution is 9.10. The van der Waals surface area contributed by atoms with Crippen molar-refractivity contribution in [2.45, 2.75) is 6.42 Å². The maximum Gasteiger partial charge on any atom is 0.185 e. The number of carbonyl (C=O) groups is 1. The summed E-state index contributed by atoms with van der Waals surface area (Å²) in [6.07, 6.45) is 4.36. The first kappa shape index (κ1) is 17.0. The average molecular weight is 424 g/mol. The topological polar surface area (TPSA) is 26.3 Å². The van der Waals surface area contributed by atoms with Crippen LogP contribution in [0.3, 0.4) is 0 Å². The Balaban J connectivity index is 1.96. The van der Waals surface area contributed by atoms with Gasteiger partial charge < -0.3 is 4.74 Å². The van der Waals surface area contributed by atoms with Crippen molar-refractivity contribution in [3.05, 3.63) is 70.2 Å². The van der Waals surface area contributed by atoms with Crippen LogP contribution >= 0.6 is 31.9 Å². The number of alkyl halides is 1. The molecule has 0 radical (unpaired) electrons. The number of halogens is 2. The fraction of sp³-hybridized carbons (Fsp3) is 0.167. The molecule has 0 spiro atoms. The second kappa shape index (κ2) is 8.91. The van der Waals surface area contributed by atoms with Crippen LogP contribution in [0.15, 0.2) is 59.1 Å². The monoisotopic (exact) mass is 422 g/mol. The van der Waals surface area contributed by atoms with Crippen molar-refractivity contribution in [1.29, 1.82) is 0 Å². The lowest BCUT2D eigenvalue weighted by Gasteiger charge is -2.05. The molecule has 0 atom stereocenters. The lowest BCUT2D eigenvalue weighted by atomic mass is 10.1. The number of ether oxygens (including phenoxy) is 1. The van der Waals surface area contributed by atoms with Gasteiger partial charge >= 0.3 is 0 Å². The van der Waals surface area contributed by atoms with Gasteiger partial charge in [0.1, 0.15) is 5.75 Å². The highest BCUT2D eigenvalue weighted by atomic mass is 79.9. The first-order valence-electron chi connectivity index (χ1n) is 6.96. The SMILES string of the molecule is O=C(C=Cc1ccc(Br)cc1)c1ccc(OCCCBr)cc1. The minimum absolute atomic E-state index is 0.0186. The van der Waals surface area contributed by atoms with Gasteiger partial charge in [0.15, 0.2) is 5.78 Å². The molecule has 114 valence electrons. The molecule has 0 fully saturated rings. The van der Waals surface area contributed by atoms with Gasteiger partial charge in [-0.05, 0) is 54.5 Å². The molecule has 0 aromatic heterocycles. The second-order valence-corrected chi connectivity index (χ2v) is 6.37. The molecule has 2 rings (SSSR count). The van der Waals surface area contributed by atoms with E-state index in [0.29, 0.717) is 12.2 Å². The molecule has 0 N–H and O–H groups in total. The van der Waals surface area contributed by atoms with Gasteiger partial charge in [-0.3, -0.25) is 4.79 Å². The normalized spacial score (nSPS) is 10.8. The molecule has 22 heavy (non-hydrogen) atoms. The molecule has 0 unspecified atom stereocenters. The lowest BCUT2D eigenvalue weighted by Crippen LogP contribution is -1.99. The van der Waals surface area contributed by atoms with Crippen molar-refractivity contribution >= 4 is 43.7 Å². The zero-order chi connectivity index (χ0) is 15.8. The van der Waals surface area contributed by atoms with Crippen LogP contribution in [0.25, 0.3) is 6.08 Å². The first-order valence-corrected chi connectivity index (χ1v) is 8.87. The van der Waals surface area contributed by atoms with Crippen LogP contribution in [0.2, 0.25) is 0 Å². The molecule has 2 aromatic carbocycles. The van der Waals surface area contributed by atoms with Crippen molar-refractivity contribution in [3.63, 3.8) is 0 Å². The van der Waals surface area contributed by atoms with Crippen LogP contribution < -0.4 is 4.74 Å². The largest absolute Gasteiger partial charge is 0.494 e. The van der Waals surface area contributed by atoms with E-state index in [2.05, 4.69) is 31.9 Å². The number of carbonyl (C=O) groups excluding carboxylic acids is 1. The molecular formula is C18H16Br2O2. The predicted molar refractivity (Wildman–Crippen MR) is 97.9 cm³/mol. The molecule has 0 heterocycles. The summed E-state index contributed by atoms with van der Waals surface area (Å²) in [6, 6.07) is 15.0. The van der Waals surface area contributed by atoms with Gasteiger partial charge in [0.25, 0.3) is 0 Å². The summed E-state index contributed by atoms with van der Waals surface area (Å²) in [6.45, 7) is 0.669. The van der Waals surface area contributed by atoms with Crippen LogP contribution in [0.5, 0.6) is 5.75 Å². The van der Waals surface area contributed by atoms with Gasteiger partial charge in [0.2, 0.25) is 0 Å². The molecule has 0 bridgehead atoms. The minimum Gasteiger partial charge on any atom is -0.494 e. The highest BCUT2D eigenvalue weighted by Crippen LogP contribution is 2.15. The van der Waals surface area contributed by atoms with E-state index < -0.39 is 0 Å². The van der Waals surface area contributed by atoms with E-state index in [1.807, 2.05) is 42.5 Å². The molecule has 0 saturated carbocycles. The smallest absolute Gasteiger partial charge is 0.185 e. The molecule has 0 amide bonds. The molecule has 2 nitrogen and oxygen atoms in total. The summed E-state index contributed by atoms with van der Waals surface area (Å²) < 4.78 is 6.58. The van der Waals surface area contributed by atoms with Gasteiger partial charge in [0, 0.05) is 15.4 Å². The van der Waals surface area contributed by atoms with Gasteiger partial charge in [0.05, 0.1) is 6.61 Å². The Kier molecular flexibility index (Phi) is 6.87. The van der Waals surface area contributed by atoms with E-state index in [4.69, 9.17) is 4.74 Å². The standard InChI is InChI=1S/C18H16Br2O2/c19-12-1-13-22-17-9-5-15(6-10-17)18(21)11-4-14-2-7-16(20)8-3-14/h2-11H,1,12-13H2. The average Bonchev–Trinajstić information content (AvgIpc) is 2.55. The number of benzene rings is 2. The Morgan fingerprint density at radius 3 is 2.36 bits per heavy atom. The second-order valence-electron chi connectivity index (χ2n) is 4.66. The predicted octanol–water partition coefficient (Wildman–Crippen LogP) is 5.51. The summed E-state index contributed by atoms with van der Waals surface area (Å²) in [5.74, 6) is 0.768. The Morgan fingerprint density at radius 2 is 1.73 bits per heavy atom. The Hall–Kier alpha value is -1.39. The van der Waals surface area contributed by atoms with Crippen LogP contribution in [0, 0.1) is 0 Å². The lowest BCUT2D eigenvalue weighted by molar-refractivity contribution is 0.104. The van der Waals surface area contributed by atoms with E-state index >= 15 is 0 Å². The summed E-state index contributed by atoms with van der Waals surface area (Å²) >= 11 is 6.74. The fourth-order valence-corrected chi connectivity index (χ4v) is 2.30. The number of allylic oxidation sites excluding steroid dienone is 1. The van der Waals surface area contributed by atoms with Crippen molar-refractivity contribution in [3.8, 4) is 5.75 Å². The molecular weight excluding hydrogens is 408 g/mol. The molecule has 0 aliphatic carbocycles. The van der Waals surface area contributed by atoms with E-state index in [1.165, 1.54) is 0 Å². The van der Waals surface area contributed by atoms with E-state index in [0.717, 1.165) is 27.5 Å². The van der Waals surface area contributed by atoms with E-state index in [-0.39, 0.29) is 5.78 Å². The number of rotatable bonds is 7. The minimum atomic E-state index is -0.0186. The summed E-state index contributed by atoms with van der Waals surface area (Å²) in [5, 5.41) is 0.921. The third-order valence-corrected chi connectivity index (χ3v) is 4.07. The van der Waals surface area contributed by atoms with Crippen molar-refractivity contribution in [1.82, 2.24) is 0 Å². The number of hydrogen-bond donors (Lipinski definition) is 0. The highest BCUT2D eigenvalue weighted by Gasteiger charge is 2.02. The van der Waals surface area contributed by atoms with Gasteiger partial charge in [-0.25, -0.2) is 0 Å². The molecule has 0 aliphatic rings. The summed E-state index contributed by atoms with van der Waals surface area (Å²) in [5.41, 5.74) is 1.65. The third-order valence-electron chi connectivity index (χ3n) is 2.98. The van der Waals surface area contributed by atoms with Crippen LogP contribution in [0.4, 0.5) is 0 Å². The Bertz CT molecular complexity index is 631. The quantitative estimate of drug-likeness (QED) is 0.254. The zero-order valence-electron chi connectivity index (χ0n) is 12.0. The molecule has 4 heteroatoms. The Labute approximate surface area is 147 Å². The third kappa shape index (κ3) is 5.43. The van der Waals surface area contributed by atoms with Gasteiger partial charge in [-0.1, -0.05) is 50.1 Å². The van der Waals surface area contributed by atoms with Crippen LogP contribution in [-0.4, -0.2) is 17.7 Å². The Morgan fingerprint density at radius 1 is 1.05 bits per heavy atom. The number of hydrogen-bond acceptors (Lipinski definition) is 2. The van der Waals surface area contributed by atoms with Crippen molar-refractivity contribution < 1.29 is 9.53 Å². The van der Waals surface area contributed by atoms with Crippen LogP contribution in [0.1, 0.15) is 22.3 Å². The van der Waals surface area contributed by atoms with Gasteiger partial charge in [-0.2, -0.15) is 0 Å². The summed E-state index contributed by atoms with van der Waals surface area (Å²) in [4.78, 5) is 12.1. The first-order chi connectivity index (χ1) is 10.7. The maximum atomic E-state index is 12.1. The van der Waals surface area contributed by atoms with Gasteiger partial charge in [-0.15, -0.1) is 0 Å². The summed E-state index contributed by atoms with van der Waals surface area (Å²) in [7, 11) is 0. The molecule has 2 aromatic rings. The molecule has 0 saturated heterocycles. The van der Waals surface area contributed by atoms with Crippen LogP contribution in [-0.2, 0) is 0 Å².